The first-order valence-electron chi connectivity index (χ1n) is 10.5. The Hall–Kier alpha value is -1.93. The van der Waals surface area contributed by atoms with Gasteiger partial charge < -0.3 is 24.7 Å². The molecule has 0 aromatic carbocycles. The van der Waals surface area contributed by atoms with E-state index in [4.69, 9.17) is 4.74 Å². The Morgan fingerprint density at radius 3 is 2.69 bits per heavy atom. The van der Waals surface area contributed by atoms with Crippen LogP contribution < -0.4 is 0 Å². The first-order valence-corrected chi connectivity index (χ1v) is 10.5. The summed E-state index contributed by atoms with van der Waals surface area (Å²) in [7, 11) is 0. The van der Waals surface area contributed by atoms with E-state index in [0.29, 0.717) is 32.4 Å². The maximum Gasteiger partial charge on any atom is 0.310 e. The monoisotopic (exact) mass is 408 g/mol. The number of carbonyl (C=O) groups excluding carboxylic acids is 2. The fourth-order valence-electron chi connectivity index (χ4n) is 5.53. The second-order valence-corrected chi connectivity index (χ2v) is 8.60. The number of aliphatic hydroxyl groups excluding tert-OH is 1. The van der Waals surface area contributed by atoms with Crippen LogP contribution in [0.5, 0.6) is 0 Å². The number of rotatable bonds is 10. The second kappa shape index (κ2) is 8.07. The summed E-state index contributed by atoms with van der Waals surface area (Å²) < 4.78 is 6.31. The second-order valence-electron chi connectivity index (χ2n) is 8.60. The molecule has 0 aromatic rings. The summed E-state index contributed by atoms with van der Waals surface area (Å²) in [5, 5.41) is 19.1. The van der Waals surface area contributed by atoms with E-state index >= 15 is 0 Å². The van der Waals surface area contributed by atoms with E-state index < -0.39 is 35.0 Å². The Morgan fingerprint density at radius 2 is 2.10 bits per heavy atom. The third-order valence-electron chi connectivity index (χ3n) is 6.78. The van der Waals surface area contributed by atoms with Crippen molar-refractivity contribution in [2.24, 2.45) is 11.8 Å². The van der Waals surface area contributed by atoms with Crippen molar-refractivity contribution < 1.29 is 29.3 Å². The molecule has 3 heterocycles. The molecule has 0 saturated carbocycles. The van der Waals surface area contributed by atoms with E-state index in [9.17, 15) is 24.6 Å². The van der Waals surface area contributed by atoms with E-state index in [-0.39, 0.29) is 25.0 Å². The first-order chi connectivity index (χ1) is 13.8. The third-order valence-corrected chi connectivity index (χ3v) is 6.78. The van der Waals surface area contributed by atoms with Gasteiger partial charge in [0.05, 0.1) is 17.4 Å². The minimum absolute atomic E-state index is 0.116. The predicted molar refractivity (Wildman–Crippen MR) is 105 cm³/mol. The lowest BCUT2D eigenvalue weighted by Gasteiger charge is -2.36. The molecule has 3 aliphatic heterocycles. The molecule has 3 aliphatic rings. The molecular formula is C21H32N2O6. The molecule has 8 nitrogen and oxygen atoms in total. The lowest BCUT2D eigenvalue weighted by Crippen LogP contribution is -2.56. The van der Waals surface area contributed by atoms with Gasteiger partial charge in [0.2, 0.25) is 11.8 Å². The van der Waals surface area contributed by atoms with Crippen LogP contribution in [0.1, 0.15) is 46.0 Å². The van der Waals surface area contributed by atoms with Crippen LogP contribution in [0.2, 0.25) is 0 Å². The number of aliphatic carboxylic acids is 1. The molecule has 5 atom stereocenters. The van der Waals surface area contributed by atoms with Crippen molar-refractivity contribution in [3.63, 3.8) is 0 Å². The van der Waals surface area contributed by atoms with Crippen LogP contribution in [0.25, 0.3) is 0 Å². The SMILES string of the molecule is C=CCN(CCCC)C(=O)C1N(CCCO)C(=O)[C@@H]2[C@@H](C(=O)O)[C@@]3(C)CCC12O3. The number of hydrogen-bond acceptors (Lipinski definition) is 5. The molecule has 3 fully saturated rings. The van der Waals surface area contributed by atoms with Crippen molar-refractivity contribution in [1.29, 1.82) is 0 Å². The van der Waals surface area contributed by atoms with Crippen LogP contribution in [0.4, 0.5) is 0 Å². The molecule has 2 bridgehead atoms. The quantitative estimate of drug-likeness (QED) is 0.523. The number of carbonyl (C=O) groups is 3. The highest BCUT2D eigenvalue weighted by atomic mass is 16.5. The van der Waals surface area contributed by atoms with Gasteiger partial charge in [-0.25, -0.2) is 0 Å². The lowest BCUT2D eigenvalue weighted by molar-refractivity contribution is -0.156. The van der Waals surface area contributed by atoms with Gasteiger partial charge in [-0.15, -0.1) is 6.58 Å². The largest absolute Gasteiger partial charge is 0.481 e. The van der Waals surface area contributed by atoms with Crippen molar-refractivity contribution >= 4 is 17.8 Å². The van der Waals surface area contributed by atoms with Crippen LogP contribution in [-0.4, -0.2) is 81.3 Å². The smallest absolute Gasteiger partial charge is 0.310 e. The zero-order valence-corrected chi connectivity index (χ0v) is 17.3. The van der Waals surface area contributed by atoms with Crippen LogP contribution >= 0.6 is 0 Å². The van der Waals surface area contributed by atoms with Gasteiger partial charge in [0.1, 0.15) is 11.6 Å². The van der Waals surface area contributed by atoms with Gasteiger partial charge in [0, 0.05) is 26.2 Å². The van der Waals surface area contributed by atoms with Gasteiger partial charge in [-0.2, -0.15) is 0 Å². The highest BCUT2D eigenvalue weighted by molar-refractivity contribution is 5.98. The number of aliphatic hydroxyl groups is 1. The number of fused-ring (bicyclic) bond motifs is 1. The van der Waals surface area contributed by atoms with Crippen molar-refractivity contribution in [3.05, 3.63) is 12.7 Å². The number of hydrogen-bond donors (Lipinski definition) is 2. The average Bonchev–Trinajstić information content (AvgIpc) is 3.24. The maximum atomic E-state index is 13.7. The maximum absolute atomic E-state index is 13.7. The number of unbranched alkanes of at least 4 members (excludes halogenated alkanes) is 1. The van der Waals surface area contributed by atoms with Crippen molar-refractivity contribution in [1.82, 2.24) is 9.80 Å². The Balaban J connectivity index is 2.02. The van der Waals surface area contributed by atoms with Gasteiger partial charge in [-0.1, -0.05) is 19.4 Å². The Labute approximate surface area is 171 Å². The van der Waals surface area contributed by atoms with Crippen molar-refractivity contribution in [3.8, 4) is 0 Å². The average molecular weight is 408 g/mol. The van der Waals surface area contributed by atoms with Gasteiger partial charge in [-0.3, -0.25) is 14.4 Å². The van der Waals surface area contributed by atoms with Gasteiger partial charge in [-0.05, 0) is 32.6 Å². The summed E-state index contributed by atoms with van der Waals surface area (Å²) in [5.74, 6) is -3.47. The minimum Gasteiger partial charge on any atom is -0.481 e. The molecule has 1 spiro atoms. The van der Waals surface area contributed by atoms with E-state index in [0.717, 1.165) is 12.8 Å². The zero-order valence-electron chi connectivity index (χ0n) is 17.3. The van der Waals surface area contributed by atoms with E-state index in [2.05, 4.69) is 6.58 Å². The number of nitrogens with zero attached hydrogens (tertiary/aromatic N) is 2. The fourth-order valence-corrected chi connectivity index (χ4v) is 5.53. The summed E-state index contributed by atoms with van der Waals surface area (Å²) in [6.45, 7) is 8.51. The summed E-state index contributed by atoms with van der Waals surface area (Å²) in [5.41, 5.74) is -2.06. The van der Waals surface area contributed by atoms with Gasteiger partial charge in [0.25, 0.3) is 0 Å². The summed E-state index contributed by atoms with van der Waals surface area (Å²) in [6.07, 6.45) is 4.70. The minimum atomic E-state index is -1.12. The molecule has 2 unspecified atom stereocenters. The molecule has 3 saturated heterocycles. The highest BCUT2D eigenvalue weighted by Gasteiger charge is 2.78. The van der Waals surface area contributed by atoms with E-state index in [1.54, 1.807) is 17.9 Å². The molecule has 162 valence electrons. The fraction of sp³-hybridized carbons (Fsp3) is 0.762. The van der Waals surface area contributed by atoms with Crippen LogP contribution in [0.15, 0.2) is 12.7 Å². The van der Waals surface area contributed by atoms with Gasteiger partial charge in [0.15, 0.2) is 0 Å². The first kappa shape index (κ1) is 21.8. The predicted octanol–water partition coefficient (Wildman–Crippen LogP) is 1.03. The van der Waals surface area contributed by atoms with Crippen LogP contribution in [0.3, 0.4) is 0 Å². The molecule has 0 aliphatic carbocycles. The van der Waals surface area contributed by atoms with E-state index in [1.807, 2.05) is 6.92 Å². The van der Waals surface area contributed by atoms with Crippen LogP contribution in [0, 0.1) is 11.8 Å². The standard InChI is InChI=1S/C21H32N2O6/c1-4-6-11-22(10-5-2)18(26)16-21-9-8-20(3,29-21)15(19(27)28)14(21)17(25)23(16)12-7-13-24/h5,14-16,24H,2,4,6-13H2,1,3H3,(H,27,28)/t14-,15-,16?,20+,21?/m0/s1. The number of carboxylic acid groups (broad SMARTS) is 1. The number of ether oxygens (including phenoxy) is 1. The van der Waals surface area contributed by atoms with Crippen molar-refractivity contribution in [2.75, 3.05) is 26.2 Å². The molecule has 0 aromatic heterocycles. The summed E-state index contributed by atoms with van der Waals surface area (Å²) in [6, 6.07) is -0.866. The molecule has 2 N–H and O–H groups in total. The molecule has 29 heavy (non-hydrogen) atoms. The normalized spacial score (nSPS) is 35.1. The Morgan fingerprint density at radius 1 is 1.38 bits per heavy atom. The topological polar surface area (TPSA) is 107 Å². The Bertz CT molecular complexity index is 697. The molecular weight excluding hydrogens is 376 g/mol. The highest BCUT2D eigenvalue weighted by Crippen LogP contribution is 2.63. The summed E-state index contributed by atoms with van der Waals surface area (Å²) >= 11 is 0. The van der Waals surface area contributed by atoms with Gasteiger partial charge >= 0.3 is 5.97 Å². The Kier molecular flexibility index (Phi) is 6.06. The number of amides is 2. The van der Waals surface area contributed by atoms with Crippen molar-refractivity contribution in [2.45, 2.75) is 63.2 Å². The number of likely N-dealkylation sites (tertiary alicyclic amines) is 1. The molecule has 8 heteroatoms. The summed E-state index contributed by atoms with van der Waals surface area (Å²) in [4.78, 5) is 42.2. The molecule has 2 amide bonds. The number of carboxylic acids is 1. The van der Waals surface area contributed by atoms with Crippen LogP contribution in [-0.2, 0) is 19.1 Å². The third kappa shape index (κ3) is 3.26. The molecule has 3 rings (SSSR count). The molecule has 0 radical (unpaired) electrons. The van der Waals surface area contributed by atoms with E-state index in [1.165, 1.54) is 4.90 Å². The lowest BCUT2D eigenvalue weighted by atomic mass is 9.66. The zero-order chi connectivity index (χ0) is 21.4.